The summed E-state index contributed by atoms with van der Waals surface area (Å²) < 4.78 is 0. The molecule has 0 bridgehead atoms. The van der Waals surface area contributed by atoms with E-state index in [1.807, 2.05) is 23.1 Å². The highest BCUT2D eigenvalue weighted by Gasteiger charge is 2.31. The van der Waals surface area contributed by atoms with Crippen molar-refractivity contribution in [1.29, 1.82) is 0 Å². The fourth-order valence-corrected chi connectivity index (χ4v) is 2.81. The van der Waals surface area contributed by atoms with Gasteiger partial charge in [-0.25, -0.2) is 0 Å². The van der Waals surface area contributed by atoms with Gasteiger partial charge in [-0.3, -0.25) is 9.59 Å². The minimum absolute atomic E-state index is 0. The molecule has 6 heteroatoms. The zero-order chi connectivity index (χ0) is 15.9. The number of hydrogen-bond donors (Lipinski definition) is 1. The van der Waals surface area contributed by atoms with Crippen LogP contribution in [0.4, 0.5) is 0 Å². The van der Waals surface area contributed by atoms with Gasteiger partial charge in [0.1, 0.15) is 0 Å². The second kappa shape index (κ2) is 9.53. The normalized spacial score (nSPS) is 17.6. The molecule has 1 saturated heterocycles. The lowest BCUT2D eigenvalue weighted by Crippen LogP contribution is -2.45. The van der Waals surface area contributed by atoms with Crippen LogP contribution in [-0.2, 0) is 16.0 Å². The van der Waals surface area contributed by atoms with Crippen LogP contribution < -0.4 is 5.73 Å². The quantitative estimate of drug-likeness (QED) is 0.849. The van der Waals surface area contributed by atoms with Crippen molar-refractivity contribution in [2.24, 2.45) is 11.7 Å². The van der Waals surface area contributed by atoms with Crippen LogP contribution in [0.2, 0.25) is 0 Å². The summed E-state index contributed by atoms with van der Waals surface area (Å²) in [6, 6.07) is 10.1. The maximum absolute atomic E-state index is 12.7. The van der Waals surface area contributed by atoms with E-state index in [2.05, 4.69) is 12.1 Å². The summed E-state index contributed by atoms with van der Waals surface area (Å²) in [6.45, 7) is 2.30. The summed E-state index contributed by atoms with van der Waals surface area (Å²) in [5.41, 5.74) is 6.85. The van der Waals surface area contributed by atoms with Gasteiger partial charge in [-0.15, -0.1) is 12.4 Å². The topological polar surface area (TPSA) is 66.6 Å². The first-order valence-electron chi connectivity index (χ1n) is 7.88. The van der Waals surface area contributed by atoms with Crippen molar-refractivity contribution in [3.8, 4) is 0 Å². The van der Waals surface area contributed by atoms with Crippen LogP contribution in [0.15, 0.2) is 30.3 Å². The van der Waals surface area contributed by atoms with Crippen molar-refractivity contribution in [1.82, 2.24) is 9.80 Å². The van der Waals surface area contributed by atoms with E-state index in [1.54, 1.807) is 11.9 Å². The molecule has 1 unspecified atom stereocenters. The molecule has 2 rings (SSSR count). The SMILES string of the molecule is CN1CCC(C(=O)N(CCN)CCc2ccccc2)CC1=O.Cl. The Bertz CT molecular complexity index is 510. The van der Waals surface area contributed by atoms with E-state index in [-0.39, 0.29) is 30.1 Å². The van der Waals surface area contributed by atoms with E-state index in [0.29, 0.717) is 32.6 Å². The number of nitrogens with two attached hydrogens (primary N) is 1. The van der Waals surface area contributed by atoms with E-state index in [4.69, 9.17) is 5.73 Å². The molecule has 128 valence electrons. The first-order chi connectivity index (χ1) is 10.6. The number of hydrogen-bond acceptors (Lipinski definition) is 3. The molecule has 0 saturated carbocycles. The lowest BCUT2D eigenvalue weighted by molar-refractivity contribution is -0.144. The molecular weight excluding hydrogens is 314 g/mol. The monoisotopic (exact) mass is 339 g/mol. The van der Waals surface area contributed by atoms with E-state index in [9.17, 15) is 9.59 Å². The number of benzene rings is 1. The van der Waals surface area contributed by atoms with E-state index in [1.165, 1.54) is 5.56 Å². The smallest absolute Gasteiger partial charge is 0.226 e. The van der Waals surface area contributed by atoms with Crippen LogP contribution >= 0.6 is 12.4 Å². The van der Waals surface area contributed by atoms with Crippen LogP contribution in [0.3, 0.4) is 0 Å². The van der Waals surface area contributed by atoms with Gasteiger partial charge in [0.2, 0.25) is 11.8 Å². The van der Waals surface area contributed by atoms with Crippen LogP contribution in [0.25, 0.3) is 0 Å². The Morgan fingerprint density at radius 2 is 2.00 bits per heavy atom. The maximum atomic E-state index is 12.7. The van der Waals surface area contributed by atoms with Crippen LogP contribution in [0, 0.1) is 5.92 Å². The molecule has 0 aliphatic carbocycles. The van der Waals surface area contributed by atoms with Crippen LogP contribution in [0.5, 0.6) is 0 Å². The summed E-state index contributed by atoms with van der Waals surface area (Å²) in [7, 11) is 1.79. The standard InChI is InChI=1S/C17H25N3O2.ClH/c1-19-10-8-15(13-16(19)21)17(22)20(12-9-18)11-7-14-5-3-2-4-6-14;/h2-6,15H,7-13,18H2,1H3;1H. The minimum Gasteiger partial charge on any atom is -0.346 e. The van der Waals surface area contributed by atoms with Gasteiger partial charge in [0, 0.05) is 45.6 Å². The number of nitrogens with zero attached hydrogens (tertiary/aromatic N) is 2. The fraction of sp³-hybridized carbons (Fsp3) is 0.529. The molecule has 1 atom stereocenters. The Hall–Kier alpha value is -1.59. The second-order valence-electron chi connectivity index (χ2n) is 5.85. The van der Waals surface area contributed by atoms with Crippen molar-refractivity contribution in [2.45, 2.75) is 19.3 Å². The van der Waals surface area contributed by atoms with Gasteiger partial charge in [0.05, 0.1) is 0 Å². The molecule has 2 N–H and O–H groups in total. The van der Waals surface area contributed by atoms with Crippen molar-refractivity contribution in [3.05, 3.63) is 35.9 Å². The number of carbonyl (C=O) groups is 2. The van der Waals surface area contributed by atoms with Gasteiger partial charge in [-0.05, 0) is 18.4 Å². The number of amides is 2. The average Bonchev–Trinajstić information content (AvgIpc) is 2.54. The van der Waals surface area contributed by atoms with Gasteiger partial charge < -0.3 is 15.5 Å². The van der Waals surface area contributed by atoms with Crippen LogP contribution in [0.1, 0.15) is 18.4 Å². The highest BCUT2D eigenvalue weighted by atomic mass is 35.5. The van der Waals surface area contributed by atoms with Gasteiger partial charge in [-0.1, -0.05) is 30.3 Å². The Kier molecular flexibility index (Phi) is 8.06. The Morgan fingerprint density at radius 3 is 2.61 bits per heavy atom. The Morgan fingerprint density at radius 1 is 1.30 bits per heavy atom. The molecule has 0 radical (unpaired) electrons. The third kappa shape index (κ3) is 5.52. The molecule has 1 fully saturated rings. The fourth-order valence-electron chi connectivity index (χ4n) is 2.81. The summed E-state index contributed by atoms with van der Waals surface area (Å²) in [5.74, 6) is -0.0609. The summed E-state index contributed by atoms with van der Waals surface area (Å²) in [5, 5.41) is 0. The lowest BCUT2D eigenvalue weighted by atomic mass is 9.94. The zero-order valence-electron chi connectivity index (χ0n) is 13.6. The second-order valence-corrected chi connectivity index (χ2v) is 5.85. The van der Waals surface area contributed by atoms with Gasteiger partial charge in [0.15, 0.2) is 0 Å². The molecule has 2 amide bonds. The van der Waals surface area contributed by atoms with E-state index < -0.39 is 0 Å². The van der Waals surface area contributed by atoms with Crippen LogP contribution in [-0.4, -0.2) is 54.8 Å². The molecule has 23 heavy (non-hydrogen) atoms. The third-order valence-corrected chi connectivity index (χ3v) is 4.23. The molecule has 1 aliphatic rings. The summed E-state index contributed by atoms with van der Waals surface area (Å²) in [4.78, 5) is 28.0. The van der Waals surface area contributed by atoms with E-state index >= 15 is 0 Å². The number of halogens is 1. The van der Waals surface area contributed by atoms with Gasteiger partial charge in [-0.2, -0.15) is 0 Å². The molecule has 0 aromatic heterocycles. The Labute approximate surface area is 144 Å². The predicted molar refractivity (Wildman–Crippen MR) is 93.4 cm³/mol. The molecule has 1 aromatic carbocycles. The number of rotatable bonds is 6. The van der Waals surface area contributed by atoms with Gasteiger partial charge >= 0.3 is 0 Å². The number of piperidine rings is 1. The first-order valence-corrected chi connectivity index (χ1v) is 7.88. The third-order valence-electron chi connectivity index (χ3n) is 4.23. The van der Waals surface area contributed by atoms with Crippen molar-refractivity contribution in [2.75, 3.05) is 33.2 Å². The Balaban J connectivity index is 0.00000264. The highest BCUT2D eigenvalue weighted by Crippen LogP contribution is 2.20. The molecule has 1 aliphatic heterocycles. The summed E-state index contributed by atoms with van der Waals surface area (Å²) >= 11 is 0. The molecule has 1 aromatic rings. The largest absolute Gasteiger partial charge is 0.346 e. The van der Waals surface area contributed by atoms with Crippen molar-refractivity contribution in [3.63, 3.8) is 0 Å². The lowest BCUT2D eigenvalue weighted by Gasteiger charge is -2.32. The van der Waals surface area contributed by atoms with Gasteiger partial charge in [0.25, 0.3) is 0 Å². The number of likely N-dealkylation sites (tertiary alicyclic amines) is 1. The average molecular weight is 340 g/mol. The molecule has 5 nitrogen and oxygen atoms in total. The molecule has 0 spiro atoms. The highest BCUT2D eigenvalue weighted by molar-refractivity contribution is 5.87. The number of carbonyl (C=O) groups excluding carboxylic acids is 2. The minimum atomic E-state index is -0.189. The molecule has 1 heterocycles. The van der Waals surface area contributed by atoms with Crippen molar-refractivity contribution >= 4 is 24.2 Å². The first kappa shape index (κ1) is 19.5. The van der Waals surface area contributed by atoms with Crippen molar-refractivity contribution < 1.29 is 9.59 Å². The maximum Gasteiger partial charge on any atom is 0.226 e. The zero-order valence-corrected chi connectivity index (χ0v) is 14.4. The van der Waals surface area contributed by atoms with E-state index in [0.717, 1.165) is 12.8 Å². The molecular formula is C17H26ClN3O2. The summed E-state index contributed by atoms with van der Waals surface area (Å²) in [6.07, 6.45) is 1.88. The predicted octanol–water partition coefficient (Wildman–Crippen LogP) is 1.31.